The van der Waals surface area contributed by atoms with Crippen molar-refractivity contribution >= 4 is 27.7 Å². The number of hydrogen-bond acceptors (Lipinski definition) is 4. The minimum Gasteiger partial charge on any atom is -0.406 e. The molecule has 0 aromatic heterocycles. The van der Waals surface area contributed by atoms with Crippen LogP contribution in [0.3, 0.4) is 0 Å². The number of likely N-dealkylation sites (N-methyl/N-ethyl adjacent to an activating group) is 1. The Morgan fingerprint density at radius 2 is 1.80 bits per heavy atom. The Bertz CT molecular complexity index is 1060. The molecule has 2 atom stereocenters. The molecule has 1 saturated heterocycles. The largest absolute Gasteiger partial charge is 0.573 e. The highest BCUT2D eigenvalue weighted by Gasteiger charge is 2.52. The molecule has 10 heteroatoms. The van der Waals surface area contributed by atoms with Crippen LogP contribution in [0.25, 0.3) is 0 Å². The predicted octanol–water partition coefficient (Wildman–Crippen LogP) is 3.93. The molecule has 35 heavy (non-hydrogen) atoms. The average Bonchev–Trinajstić information content (AvgIpc) is 3.49. The van der Waals surface area contributed by atoms with E-state index in [-0.39, 0.29) is 23.6 Å². The molecular weight excluding hydrogens is 527 g/mol. The molecular formula is C25H27BrF3N3O3. The molecule has 2 aromatic carbocycles. The third-order valence-electron chi connectivity index (χ3n) is 6.69. The fraction of sp³-hybridized carbons (Fsp3) is 0.440. The molecule has 2 fully saturated rings. The van der Waals surface area contributed by atoms with Gasteiger partial charge >= 0.3 is 6.36 Å². The summed E-state index contributed by atoms with van der Waals surface area (Å²) < 4.78 is 42.3. The van der Waals surface area contributed by atoms with Crippen molar-refractivity contribution in [2.45, 2.75) is 49.5 Å². The third kappa shape index (κ3) is 6.16. The van der Waals surface area contributed by atoms with Gasteiger partial charge in [-0.1, -0.05) is 40.2 Å². The second-order valence-corrected chi connectivity index (χ2v) is 9.99. The molecule has 0 unspecified atom stereocenters. The Kier molecular flexibility index (Phi) is 7.42. The van der Waals surface area contributed by atoms with E-state index < -0.39 is 17.8 Å². The molecule has 1 heterocycles. The number of benzene rings is 2. The standard InChI is InChI=1S/C25H27BrF3N3O3/c1-30-19-10-13-32(15-19)22(33)21(14-16-2-6-18(26)7-3-16)31-23(34)24(11-12-24)17-4-8-20(9-5-17)35-25(27,28)29/h2-9,19,21,30H,10-15H2,1H3,(H,31,34)/t19-,21-/m0/s1. The zero-order valence-corrected chi connectivity index (χ0v) is 20.8. The van der Waals surface area contributed by atoms with E-state index in [0.29, 0.717) is 37.9 Å². The van der Waals surface area contributed by atoms with Crippen molar-refractivity contribution in [3.63, 3.8) is 0 Å². The molecule has 4 rings (SSSR count). The highest BCUT2D eigenvalue weighted by atomic mass is 79.9. The summed E-state index contributed by atoms with van der Waals surface area (Å²) >= 11 is 3.41. The van der Waals surface area contributed by atoms with Crippen LogP contribution in [0, 0.1) is 0 Å². The van der Waals surface area contributed by atoms with Crippen molar-refractivity contribution in [2.75, 3.05) is 20.1 Å². The number of nitrogens with zero attached hydrogens (tertiary/aromatic N) is 1. The lowest BCUT2D eigenvalue weighted by Crippen LogP contribution is -2.52. The van der Waals surface area contributed by atoms with Gasteiger partial charge in [0.05, 0.1) is 5.41 Å². The van der Waals surface area contributed by atoms with Gasteiger partial charge in [0, 0.05) is 30.0 Å². The van der Waals surface area contributed by atoms with Crippen LogP contribution in [-0.2, 0) is 21.4 Å². The van der Waals surface area contributed by atoms with Gasteiger partial charge in [0.15, 0.2) is 0 Å². The van der Waals surface area contributed by atoms with Crippen LogP contribution in [0.2, 0.25) is 0 Å². The minimum absolute atomic E-state index is 0.135. The maximum atomic E-state index is 13.4. The van der Waals surface area contributed by atoms with Gasteiger partial charge in [-0.3, -0.25) is 9.59 Å². The fourth-order valence-corrected chi connectivity index (χ4v) is 4.78. The maximum Gasteiger partial charge on any atom is 0.573 e. The topological polar surface area (TPSA) is 70.7 Å². The van der Waals surface area contributed by atoms with Gasteiger partial charge in [0.25, 0.3) is 0 Å². The van der Waals surface area contributed by atoms with Gasteiger partial charge < -0.3 is 20.3 Å². The van der Waals surface area contributed by atoms with Crippen LogP contribution < -0.4 is 15.4 Å². The molecule has 6 nitrogen and oxygen atoms in total. The summed E-state index contributed by atoms with van der Waals surface area (Å²) in [7, 11) is 1.86. The molecule has 1 aliphatic heterocycles. The van der Waals surface area contributed by atoms with Crippen LogP contribution in [0.4, 0.5) is 13.2 Å². The first-order valence-corrected chi connectivity index (χ1v) is 12.3. The molecule has 188 valence electrons. The Morgan fingerprint density at radius 1 is 1.14 bits per heavy atom. The number of nitrogens with one attached hydrogen (secondary N) is 2. The Morgan fingerprint density at radius 3 is 2.34 bits per heavy atom. The highest BCUT2D eigenvalue weighted by Crippen LogP contribution is 2.49. The molecule has 1 aliphatic carbocycles. The number of carbonyl (C=O) groups excluding carboxylic acids is 2. The maximum absolute atomic E-state index is 13.4. The number of ether oxygens (including phenoxy) is 1. The van der Waals surface area contributed by atoms with Crippen LogP contribution in [0.5, 0.6) is 5.75 Å². The first-order valence-electron chi connectivity index (χ1n) is 11.5. The van der Waals surface area contributed by atoms with E-state index in [9.17, 15) is 22.8 Å². The quantitative estimate of drug-likeness (QED) is 0.519. The fourth-order valence-electron chi connectivity index (χ4n) is 4.52. The summed E-state index contributed by atoms with van der Waals surface area (Å²) in [5, 5.41) is 6.16. The van der Waals surface area contributed by atoms with E-state index in [0.717, 1.165) is 16.5 Å². The Balaban J connectivity index is 1.51. The van der Waals surface area contributed by atoms with Gasteiger partial charge in [0.2, 0.25) is 11.8 Å². The van der Waals surface area contributed by atoms with E-state index in [1.54, 1.807) is 4.90 Å². The number of carbonyl (C=O) groups is 2. The van der Waals surface area contributed by atoms with Gasteiger partial charge in [-0.15, -0.1) is 13.2 Å². The molecule has 2 aliphatic rings. The number of hydrogen-bond donors (Lipinski definition) is 2. The van der Waals surface area contributed by atoms with Gasteiger partial charge in [0.1, 0.15) is 11.8 Å². The van der Waals surface area contributed by atoms with Crippen molar-refractivity contribution in [1.29, 1.82) is 0 Å². The summed E-state index contributed by atoms with van der Waals surface area (Å²) in [6.07, 6.45) is -2.48. The molecule has 0 spiro atoms. The van der Waals surface area contributed by atoms with Gasteiger partial charge in [-0.2, -0.15) is 0 Å². The lowest BCUT2D eigenvalue weighted by molar-refractivity contribution is -0.274. The Labute approximate surface area is 210 Å². The monoisotopic (exact) mass is 553 g/mol. The van der Waals surface area contributed by atoms with Crippen LogP contribution in [-0.4, -0.2) is 55.3 Å². The molecule has 0 radical (unpaired) electrons. The number of alkyl halides is 3. The van der Waals surface area contributed by atoms with Gasteiger partial charge in [-0.05, 0) is 61.7 Å². The van der Waals surface area contributed by atoms with Crippen LogP contribution >= 0.6 is 15.9 Å². The van der Waals surface area contributed by atoms with Crippen molar-refractivity contribution in [3.05, 3.63) is 64.1 Å². The summed E-state index contributed by atoms with van der Waals surface area (Å²) in [6.45, 7) is 1.19. The normalized spacial score (nSPS) is 19.8. The average molecular weight is 554 g/mol. The first-order chi connectivity index (χ1) is 16.6. The van der Waals surface area contributed by atoms with Crippen LogP contribution in [0.1, 0.15) is 30.4 Å². The highest BCUT2D eigenvalue weighted by molar-refractivity contribution is 9.10. The summed E-state index contributed by atoms with van der Waals surface area (Å²) in [4.78, 5) is 28.6. The van der Waals surface area contributed by atoms with E-state index in [1.807, 2.05) is 31.3 Å². The Hall–Kier alpha value is -2.59. The second-order valence-electron chi connectivity index (χ2n) is 9.07. The zero-order chi connectivity index (χ0) is 25.2. The second kappa shape index (κ2) is 10.2. The SMILES string of the molecule is CN[C@H]1CCN(C(=O)[C@H](Cc2ccc(Br)cc2)NC(=O)C2(c3ccc(OC(F)(F)F)cc3)CC2)C1. The van der Waals surface area contributed by atoms with Gasteiger partial charge in [-0.25, -0.2) is 0 Å². The predicted molar refractivity (Wildman–Crippen MR) is 128 cm³/mol. The van der Waals surface area contributed by atoms with Crippen molar-refractivity contribution in [1.82, 2.24) is 15.5 Å². The molecule has 2 aromatic rings. The first kappa shape index (κ1) is 25.5. The van der Waals surface area contributed by atoms with E-state index in [4.69, 9.17) is 0 Å². The number of likely N-dealkylation sites (tertiary alicyclic amines) is 1. The molecule has 0 bridgehead atoms. The summed E-state index contributed by atoms with van der Waals surface area (Å²) in [5.41, 5.74) is 0.665. The van der Waals surface area contributed by atoms with Crippen molar-refractivity contribution in [2.24, 2.45) is 0 Å². The molecule has 2 N–H and O–H groups in total. The van der Waals surface area contributed by atoms with E-state index in [2.05, 4.69) is 31.3 Å². The van der Waals surface area contributed by atoms with E-state index in [1.165, 1.54) is 24.3 Å². The number of halogens is 4. The smallest absolute Gasteiger partial charge is 0.406 e. The van der Waals surface area contributed by atoms with E-state index >= 15 is 0 Å². The summed E-state index contributed by atoms with van der Waals surface area (Å²) in [5.74, 6) is -0.764. The molecule has 1 saturated carbocycles. The zero-order valence-electron chi connectivity index (χ0n) is 19.2. The lowest BCUT2D eigenvalue weighted by Gasteiger charge is -2.27. The third-order valence-corrected chi connectivity index (χ3v) is 7.22. The number of amides is 2. The van der Waals surface area contributed by atoms with Crippen molar-refractivity contribution in [3.8, 4) is 5.75 Å². The summed E-state index contributed by atoms with van der Waals surface area (Å²) in [6, 6.07) is 12.4. The van der Waals surface area contributed by atoms with Crippen molar-refractivity contribution < 1.29 is 27.5 Å². The molecule has 2 amide bonds. The minimum atomic E-state index is -4.78. The lowest BCUT2D eigenvalue weighted by atomic mass is 9.94. The number of rotatable bonds is 8. The van der Waals surface area contributed by atoms with Crippen LogP contribution in [0.15, 0.2) is 53.0 Å².